The van der Waals surface area contributed by atoms with Gasteiger partial charge >= 0.3 is 5.97 Å². The minimum atomic E-state index is -0.188. The lowest BCUT2D eigenvalue weighted by Gasteiger charge is -2.13. The van der Waals surface area contributed by atoms with Crippen LogP contribution in [-0.2, 0) is 15.3 Å². The molecule has 0 fully saturated rings. The molecule has 0 spiro atoms. The van der Waals surface area contributed by atoms with E-state index in [0.717, 1.165) is 17.7 Å². The molecule has 6 heteroatoms. The van der Waals surface area contributed by atoms with Gasteiger partial charge in [-0.1, -0.05) is 18.5 Å². The van der Waals surface area contributed by atoms with Crippen LogP contribution in [0.4, 0.5) is 0 Å². The van der Waals surface area contributed by atoms with Crippen molar-refractivity contribution < 1.29 is 19.0 Å². The quantitative estimate of drug-likeness (QED) is 0.770. The maximum Gasteiger partial charge on any atom is 0.306 e. The van der Waals surface area contributed by atoms with Crippen LogP contribution in [0, 0.1) is 0 Å². The van der Waals surface area contributed by atoms with Crippen LogP contribution in [0.1, 0.15) is 25.3 Å². The molecular weight excluding hydrogens is 312 g/mol. The second kappa shape index (κ2) is 7.80. The number of esters is 1. The van der Waals surface area contributed by atoms with E-state index in [2.05, 4.69) is 4.74 Å². The smallest absolute Gasteiger partial charge is 0.306 e. The van der Waals surface area contributed by atoms with Crippen molar-refractivity contribution in [3.8, 4) is 11.5 Å². The summed E-state index contributed by atoms with van der Waals surface area (Å²) in [5, 5.41) is 0.762. The zero-order valence-electron chi connectivity index (χ0n) is 12.2. The third-order valence-corrected chi connectivity index (χ3v) is 4.59. The van der Waals surface area contributed by atoms with Crippen LogP contribution in [-0.4, -0.2) is 31.5 Å². The standard InChI is InChI=1S/C15H19ClO4S/c1-10(6-14(17)18-2)21-9-11-7-12(16)15-13(8-11)19-4-3-5-20-15/h7-8,10H,3-6,9H2,1-2H3. The van der Waals surface area contributed by atoms with E-state index in [0.29, 0.717) is 36.2 Å². The lowest BCUT2D eigenvalue weighted by molar-refractivity contribution is -0.140. The summed E-state index contributed by atoms with van der Waals surface area (Å²) in [6.07, 6.45) is 1.25. The molecule has 1 aromatic rings. The molecule has 1 heterocycles. The molecule has 1 atom stereocenters. The number of hydrogen-bond donors (Lipinski definition) is 0. The lowest BCUT2D eigenvalue weighted by atomic mass is 10.2. The van der Waals surface area contributed by atoms with Crippen molar-refractivity contribution in [3.05, 3.63) is 22.7 Å². The van der Waals surface area contributed by atoms with Gasteiger partial charge in [-0.2, -0.15) is 11.8 Å². The number of carbonyl (C=O) groups is 1. The molecule has 4 nitrogen and oxygen atoms in total. The summed E-state index contributed by atoms with van der Waals surface area (Å²) in [5.41, 5.74) is 1.06. The van der Waals surface area contributed by atoms with Crippen LogP contribution >= 0.6 is 23.4 Å². The molecule has 2 rings (SSSR count). The first kappa shape index (κ1) is 16.3. The predicted octanol–water partition coefficient (Wildman–Crippen LogP) is 3.69. The third-order valence-electron chi connectivity index (χ3n) is 3.08. The van der Waals surface area contributed by atoms with Gasteiger partial charge in [0, 0.05) is 17.4 Å². The summed E-state index contributed by atoms with van der Waals surface area (Å²) < 4.78 is 15.9. The number of fused-ring (bicyclic) bond motifs is 1. The van der Waals surface area contributed by atoms with Crippen molar-refractivity contribution in [2.45, 2.75) is 30.8 Å². The highest BCUT2D eigenvalue weighted by atomic mass is 35.5. The molecule has 0 bridgehead atoms. The number of hydrogen-bond acceptors (Lipinski definition) is 5. The molecule has 0 saturated carbocycles. The molecule has 1 unspecified atom stereocenters. The number of rotatable bonds is 5. The molecule has 0 saturated heterocycles. The monoisotopic (exact) mass is 330 g/mol. The zero-order chi connectivity index (χ0) is 15.2. The Bertz CT molecular complexity index is 507. The fourth-order valence-electron chi connectivity index (χ4n) is 1.98. The maximum atomic E-state index is 11.2. The van der Waals surface area contributed by atoms with E-state index in [1.807, 2.05) is 19.1 Å². The Labute approximate surface area is 134 Å². The Hall–Kier alpha value is -1.07. The fourth-order valence-corrected chi connectivity index (χ4v) is 3.17. The molecule has 116 valence electrons. The third kappa shape index (κ3) is 4.71. The molecule has 0 radical (unpaired) electrons. The average molecular weight is 331 g/mol. The van der Waals surface area contributed by atoms with Crippen LogP contribution in [0.3, 0.4) is 0 Å². The molecule has 1 aliphatic rings. The summed E-state index contributed by atoms with van der Waals surface area (Å²) in [4.78, 5) is 11.2. The molecule has 1 aromatic carbocycles. The number of thioether (sulfide) groups is 1. The van der Waals surface area contributed by atoms with Gasteiger partial charge in [-0.25, -0.2) is 0 Å². The van der Waals surface area contributed by atoms with Crippen molar-refractivity contribution in [3.63, 3.8) is 0 Å². The second-order valence-electron chi connectivity index (χ2n) is 4.86. The highest BCUT2D eigenvalue weighted by Crippen LogP contribution is 2.39. The average Bonchev–Trinajstić information content (AvgIpc) is 2.70. The zero-order valence-corrected chi connectivity index (χ0v) is 13.8. The molecule has 0 amide bonds. The van der Waals surface area contributed by atoms with Gasteiger partial charge in [-0.3, -0.25) is 4.79 Å². The summed E-state index contributed by atoms with van der Waals surface area (Å²) in [6.45, 7) is 3.27. The van der Waals surface area contributed by atoms with E-state index in [4.69, 9.17) is 21.1 Å². The van der Waals surface area contributed by atoms with Crippen molar-refractivity contribution in [1.29, 1.82) is 0 Å². The van der Waals surface area contributed by atoms with E-state index in [-0.39, 0.29) is 11.2 Å². The molecule has 0 aromatic heterocycles. The molecule has 0 aliphatic carbocycles. The molecule has 21 heavy (non-hydrogen) atoms. The topological polar surface area (TPSA) is 44.8 Å². The van der Waals surface area contributed by atoms with Crippen molar-refractivity contribution >= 4 is 29.3 Å². The first-order valence-electron chi connectivity index (χ1n) is 6.86. The Balaban J connectivity index is 1.99. The summed E-state index contributed by atoms with van der Waals surface area (Å²) in [7, 11) is 1.41. The van der Waals surface area contributed by atoms with Gasteiger partial charge in [0.05, 0.1) is 31.8 Å². The largest absolute Gasteiger partial charge is 0.489 e. The van der Waals surface area contributed by atoms with E-state index in [1.165, 1.54) is 7.11 Å². The lowest BCUT2D eigenvalue weighted by Crippen LogP contribution is -2.08. The van der Waals surface area contributed by atoms with Crippen molar-refractivity contribution in [2.75, 3.05) is 20.3 Å². The summed E-state index contributed by atoms with van der Waals surface area (Å²) >= 11 is 7.94. The fraction of sp³-hybridized carbons (Fsp3) is 0.533. The van der Waals surface area contributed by atoms with Crippen molar-refractivity contribution in [2.24, 2.45) is 0 Å². The van der Waals surface area contributed by atoms with Crippen LogP contribution in [0.25, 0.3) is 0 Å². The second-order valence-corrected chi connectivity index (χ2v) is 6.69. The number of halogens is 1. The summed E-state index contributed by atoms with van der Waals surface area (Å²) in [6, 6.07) is 3.86. The maximum absolute atomic E-state index is 11.2. The highest BCUT2D eigenvalue weighted by Gasteiger charge is 2.16. The van der Waals surface area contributed by atoms with Gasteiger partial charge in [0.2, 0.25) is 0 Å². The van der Waals surface area contributed by atoms with Gasteiger partial charge in [-0.15, -0.1) is 0 Å². The van der Waals surface area contributed by atoms with Gasteiger partial charge in [0.15, 0.2) is 11.5 Å². The van der Waals surface area contributed by atoms with Crippen LogP contribution in [0.5, 0.6) is 11.5 Å². The van der Waals surface area contributed by atoms with Gasteiger partial charge in [0.1, 0.15) is 0 Å². The SMILES string of the molecule is COC(=O)CC(C)SCc1cc(Cl)c2c(c1)OCCCO2. The molecular formula is C15H19ClO4S. The Morgan fingerprint density at radius 2 is 2.19 bits per heavy atom. The van der Waals surface area contributed by atoms with Gasteiger partial charge in [-0.05, 0) is 17.7 Å². The van der Waals surface area contributed by atoms with Gasteiger partial charge < -0.3 is 14.2 Å². The van der Waals surface area contributed by atoms with Crippen LogP contribution < -0.4 is 9.47 Å². The Morgan fingerprint density at radius 3 is 2.95 bits per heavy atom. The first-order valence-corrected chi connectivity index (χ1v) is 8.29. The first-order chi connectivity index (χ1) is 10.1. The van der Waals surface area contributed by atoms with E-state index >= 15 is 0 Å². The predicted molar refractivity (Wildman–Crippen MR) is 84.4 cm³/mol. The Morgan fingerprint density at radius 1 is 1.43 bits per heavy atom. The molecule has 1 aliphatic heterocycles. The Kier molecular flexibility index (Phi) is 6.06. The van der Waals surface area contributed by atoms with Gasteiger partial charge in [0.25, 0.3) is 0 Å². The van der Waals surface area contributed by atoms with E-state index in [9.17, 15) is 4.79 Å². The minimum Gasteiger partial charge on any atom is -0.489 e. The number of methoxy groups -OCH3 is 1. The molecule has 0 N–H and O–H groups in total. The van der Waals surface area contributed by atoms with Crippen molar-refractivity contribution in [1.82, 2.24) is 0 Å². The minimum absolute atomic E-state index is 0.187. The van der Waals surface area contributed by atoms with E-state index < -0.39 is 0 Å². The highest BCUT2D eigenvalue weighted by molar-refractivity contribution is 7.99. The van der Waals surface area contributed by atoms with E-state index in [1.54, 1.807) is 11.8 Å². The van der Waals surface area contributed by atoms with Crippen LogP contribution in [0.15, 0.2) is 12.1 Å². The number of carbonyl (C=O) groups excluding carboxylic acids is 1. The number of ether oxygens (including phenoxy) is 3. The summed E-state index contributed by atoms with van der Waals surface area (Å²) in [5.74, 6) is 1.91. The van der Waals surface area contributed by atoms with Crippen LogP contribution in [0.2, 0.25) is 5.02 Å². The number of benzene rings is 1. The normalized spacial score (nSPS) is 15.2.